The highest BCUT2D eigenvalue weighted by Crippen LogP contribution is 2.14. The fourth-order valence-electron chi connectivity index (χ4n) is 2.45. The maximum absolute atomic E-state index is 12.9. The Morgan fingerprint density at radius 2 is 1.67 bits per heavy atom. The lowest BCUT2D eigenvalue weighted by atomic mass is 10.1. The van der Waals surface area contributed by atoms with E-state index < -0.39 is 0 Å². The number of amides is 1. The first kappa shape index (κ1) is 18.3. The molecule has 0 saturated heterocycles. The minimum Gasteiger partial charge on any atom is -0.366 e. The van der Waals surface area contributed by atoms with Gasteiger partial charge in [0, 0.05) is 29.6 Å². The van der Waals surface area contributed by atoms with Gasteiger partial charge in [-0.05, 0) is 61.0 Å². The molecule has 2 aromatic carbocycles. The summed E-state index contributed by atoms with van der Waals surface area (Å²) in [6, 6.07) is 16.1. The lowest BCUT2D eigenvalue weighted by molar-refractivity contribution is 0.101. The third kappa shape index (κ3) is 4.98. The minimum atomic E-state index is -0.285. The molecule has 0 radical (unpaired) electrons. The number of nitrogens with one attached hydrogen (secondary N) is 2. The monoisotopic (exact) mass is 363 g/mol. The van der Waals surface area contributed by atoms with E-state index >= 15 is 0 Å². The predicted octanol–water partition coefficient (Wildman–Crippen LogP) is 4.29. The Morgan fingerprint density at radius 3 is 2.33 bits per heavy atom. The summed E-state index contributed by atoms with van der Waals surface area (Å²) in [4.78, 5) is 27.9. The maximum atomic E-state index is 12.9. The fourth-order valence-corrected chi connectivity index (χ4v) is 2.45. The topological polar surface area (TPSA) is 71.1 Å². The van der Waals surface area contributed by atoms with Crippen molar-refractivity contribution in [2.75, 3.05) is 10.6 Å². The number of anilines is 2. The van der Waals surface area contributed by atoms with Gasteiger partial charge in [0.2, 0.25) is 0 Å². The first-order valence-corrected chi connectivity index (χ1v) is 8.38. The zero-order valence-corrected chi connectivity index (χ0v) is 14.7. The van der Waals surface area contributed by atoms with Crippen LogP contribution in [0.4, 0.5) is 15.9 Å². The van der Waals surface area contributed by atoms with Crippen molar-refractivity contribution in [1.29, 1.82) is 0 Å². The molecule has 0 aliphatic heterocycles. The second-order valence-corrected chi connectivity index (χ2v) is 6.00. The summed E-state index contributed by atoms with van der Waals surface area (Å²) < 4.78 is 12.9. The zero-order chi connectivity index (χ0) is 19.2. The van der Waals surface area contributed by atoms with Crippen LogP contribution < -0.4 is 10.6 Å². The largest absolute Gasteiger partial charge is 0.366 e. The van der Waals surface area contributed by atoms with Gasteiger partial charge in [-0.2, -0.15) is 0 Å². The van der Waals surface area contributed by atoms with Gasteiger partial charge in [-0.15, -0.1) is 0 Å². The molecule has 27 heavy (non-hydrogen) atoms. The van der Waals surface area contributed by atoms with E-state index in [0.717, 1.165) is 5.56 Å². The van der Waals surface area contributed by atoms with Crippen molar-refractivity contribution < 1.29 is 14.0 Å². The van der Waals surface area contributed by atoms with Crippen molar-refractivity contribution >= 4 is 23.2 Å². The van der Waals surface area contributed by atoms with Crippen LogP contribution in [0.2, 0.25) is 0 Å². The van der Waals surface area contributed by atoms with E-state index in [0.29, 0.717) is 29.2 Å². The molecule has 1 heterocycles. The van der Waals surface area contributed by atoms with Gasteiger partial charge in [0.15, 0.2) is 5.78 Å². The van der Waals surface area contributed by atoms with Crippen LogP contribution in [-0.4, -0.2) is 16.7 Å². The summed E-state index contributed by atoms with van der Waals surface area (Å²) >= 11 is 0. The number of ketones is 1. The third-order valence-electron chi connectivity index (χ3n) is 3.96. The van der Waals surface area contributed by atoms with Crippen molar-refractivity contribution in [3.63, 3.8) is 0 Å². The number of aromatic nitrogens is 1. The van der Waals surface area contributed by atoms with Gasteiger partial charge >= 0.3 is 0 Å². The van der Waals surface area contributed by atoms with Gasteiger partial charge in [0.25, 0.3) is 5.91 Å². The Bertz CT molecular complexity index is 954. The quantitative estimate of drug-likeness (QED) is 0.641. The van der Waals surface area contributed by atoms with Crippen LogP contribution in [0, 0.1) is 5.82 Å². The summed E-state index contributed by atoms with van der Waals surface area (Å²) in [6.45, 7) is 1.95. The second-order valence-electron chi connectivity index (χ2n) is 6.00. The molecule has 6 heteroatoms. The van der Waals surface area contributed by atoms with Gasteiger partial charge in [0.1, 0.15) is 11.6 Å². The Morgan fingerprint density at radius 1 is 0.963 bits per heavy atom. The normalized spacial score (nSPS) is 10.3. The molecule has 1 amide bonds. The molecule has 3 rings (SSSR count). The highest BCUT2D eigenvalue weighted by molar-refractivity contribution is 6.05. The van der Waals surface area contributed by atoms with Gasteiger partial charge in [0.05, 0.1) is 0 Å². The van der Waals surface area contributed by atoms with Crippen LogP contribution in [-0.2, 0) is 6.54 Å². The van der Waals surface area contributed by atoms with Crippen LogP contribution in [0.1, 0.15) is 33.2 Å². The molecular weight excluding hydrogens is 345 g/mol. The van der Waals surface area contributed by atoms with Crippen LogP contribution >= 0.6 is 0 Å². The maximum Gasteiger partial charge on any atom is 0.255 e. The SMILES string of the molecule is CC(=O)c1ccc(NC(=O)c2ccnc(NCc3ccc(F)cc3)c2)cc1. The number of benzene rings is 2. The number of Topliss-reactive ketones (excluding diaryl/α,β-unsaturated/α-hetero) is 1. The second kappa shape index (κ2) is 8.23. The van der Waals surface area contributed by atoms with Crippen LogP contribution in [0.15, 0.2) is 66.9 Å². The molecule has 0 aliphatic carbocycles. The van der Waals surface area contributed by atoms with Crippen LogP contribution in [0.25, 0.3) is 0 Å². The molecule has 3 aromatic rings. The molecule has 2 N–H and O–H groups in total. The van der Waals surface area contributed by atoms with Crippen LogP contribution in [0.5, 0.6) is 0 Å². The Hall–Kier alpha value is -3.54. The van der Waals surface area contributed by atoms with E-state index in [-0.39, 0.29) is 17.5 Å². The van der Waals surface area contributed by atoms with Crippen molar-refractivity contribution in [2.24, 2.45) is 0 Å². The van der Waals surface area contributed by atoms with Gasteiger partial charge in [-0.25, -0.2) is 9.37 Å². The van der Waals surface area contributed by atoms with E-state index in [1.54, 1.807) is 54.7 Å². The highest BCUT2D eigenvalue weighted by atomic mass is 19.1. The number of rotatable bonds is 6. The predicted molar refractivity (Wildman–Crippen MR) is 102 cm³/mol. The Kier molecular flexibility index (Phi) is 5.56. The first-order chi connectivity index (χ1) is 13.0. The molecule has 136 valence electrons. The highest BCUT2D eigenvalue weighted by Gasteiger charge is 2.08. The number of hydrogen-bond donors (Lipinski definition) is 2. The molecule has 1 aromatic heterocycles. The smallest absolute Gasteiger partial charge is 0.255 e. The van der Waals surface area contributed by atoms with Crippen molar-refractivity contribution in [1.82, 2.24) is 4.98 Å². The summed E-state index contributed by atoms with van der Waals surface area (Å²) in [6.07, 6.45) is 1.54. The van der Waals surface area contributed by atoms with E-state index in [2.05, 4.69) is 15.6 Å². The molecule has 0 atom stereocenters. The molecule has 0 bridgehead atoms. The minimum absolute atomic E-state index is 0.0288. The summed E-state index contributed by atoms with van der Waals surface area (Å²) in [5.41, 5.74) is 2.53. The van der Waals surface area contributed by atoms with Crippen molar-refractivity contribution in [2.45, 2.75) is 13.5 Å². The average molecular weight is 363 g/mol. The number of nitrogens with zero attached hydrogens (tertiary/aromatic N) is 1. The molecule has 0 fully saturated rings. The molecular formula is C21H18FN3O2. The van der Waals surface area contributed by atoms with Crippen LogP contribution in [0.3, 0.4) is 0 Å². The van der Waals surface area contributed by atoms with Gasteiger partial charge in [-0.1, -0.05) is 12.1 Å². The van der Waals surface area contributed by atoms with E-state index in [9.17, 15) is 14.0 Å². The van der Waals surface area contributed by atoms with Crippen molar-refractivity contribution in [3.8, 4) is 0 Å². The lowest BCUT2D eigenvalue weighted by Crippen LogP contribution is -2.13. The molecule has 5 nitrogen and oxygen atoms in total. The van der Waals surface area contributed by atoms with E-state index in [1.807, 2.05) is 0 Å². The Labute approximate surface area is 156 Å². The average Bonchev–Trinajstić information content (AvgIpc) is 2.68. The molecule has 0 unspecified atom stereocenters. The zero-order valence-electron chi connectivity index (χ0n) is 14.7. The van der Waals surface area contributed by atoms with Gasteiger partial charge < -0.3 is 10.6 Å². The summed E-state index contributed by atoms with van der Waals surface area (Å²) in [5.74, 6) is -0.0533. The number of pyridine rings is 1. The number of hydrogen-bond acceptors (Lipinski definition) is 4. The van der Waals surface area contributed by atoms with Gasteiger partial charge in [-0.3, -0.25) is 9.59 Å². The van der Waals surface area contributed by atoms with E-state index in [1.165, 1.54) is 19.1 Å². The Balaban J connectivity index is 1.64. The first-order valence-electron chi connectivity index (χ1n) is 8.38. The standard InChI is InChI=1S/C21H18FN3O2/c1-14(26)16-4-8-19(9-5-16)25-21(27)17-10-11-23-20(12-17)24-13-15-2-6-18(22)7-3-15/h2-12H,13H2,1H3,(H,23,24)(H,25,27). The number of halogens is 1. The molecule has 0 saturated carbocycles. The lowest BCUT2D eigenvalue weighted by Gasteiger charge is -2.09. The summed E-state index contributed by atoms with van der Waals surface area (Å²) in [7, 11) is 0. The summed E-state index contributed by atoms with van der Waals surface area (Å²) in [5, 5.41) is 5.89. The molecule has 0 aliphatic rings. The fraction of sp³-hybridized carbons (Fsp3) is 0.0952. The number of carbonyl (C=O) groups excluding carboxylic acids is 2. The third-order valence-corrected chi connectivity index (χ3v) is 3.96. The van der Waals surface area contributed by atoms with Crippen molar-refractivity contribution in [3.05, 3.63) is 89.4 Å². The van der Waals surface area contributed by atoms with E-state index in [4.69, 9.17) is 0 Å². The molecule has 0 spiro atoms. The number of carbonyl (C=O) groups is 2.